The zero-order chi connectivity index (χ0) is 20.6. The molecule has 0 aliphatic heterocycles. The van der Waals surface area contributed by atoms with Gasteiger partial charge in [-0.2, -0.15) is 0 Å². The van der Waals surface area contributed by atoms with Crippen molar-refractivity contribution in [2.24, 2.45) is 0 Å². The maximum Gasteiger partial charge on any atom is 0.255 e. The summed E-state index contributed by atoms with van der Waals surface area (Å²) in [4.78, 5) is 24.3. The normalized spacial score (nSPS) is 10.5. The number of hydrogen-bond acceptors (Lipinski definition) is 3. The molecule has 0 radical (unpaired) electrons. The first-order valence-electron chi connectivity index (χ1n) is 9.93. The Balaban J connectivity index is 1.68. The number of nitrogens with two attached hydrogens (primary N) is 1. The second-order valence-corrected chi connectivity index (χ2v) is 7.11. The third-order valence-electron chi connectivity index (χ3n) is 4.85. The van der Waals surface area contributed by atoms with Crippen molar-refractivity contribution in [2.45, 2.75) is 32.6 Å². The number of benzene rings is 3. The lowest BCUT2D eigenvalue weighted by molar-refractivity contribution is -0.119. The Morgan fingerprint density at radius 3 is 2.28 bits per heavy atom. The minimum absolute atomic E-state index is 0.212. The van der Waals surface area contributed by atoms with Gasteiger partial charge in [0.1, 0.15) is 5.78 Å². The standard InChI is InChI=1S/C25H26N2O2/c1-2-6-22(28)15-11-18-9-12-20(13-10-18)25(29)27-24-17-21(14-16-23(24)26)19-7-4-3-5-8-19/h3-5,7-10,12-14,16-17H,2,6,11,15,26H2,1H3,(H,27,29). The highest BCUT2D eigenvalue weighted by molar-refractivity contribution is 6.06. The van der Waals surface area contributed by atoms with E-state index in [0.29, 0.717) is 36.2 Å². The van der Waals surface area contributed by atoms with E-state index in [1.165, 1.54) is 0 Å². The van der Waals surface area contributed by atoms with Gasteiger partial charge in [-0.1, -0.05) is 55.5 Å². The molecule has 148 valence electrons. The first kappa shape index (κ1) is 20.3. The number of aryl methyl sites for hydroxylation is 1. The van der Waals surface area contributed by atoms with Crippen LogP contribution in [0.25, 0.3) is 11.1 Å². The molecule has 0 fully saturated rings. The summed E-state index contributed by atoms with van der Waals surface area (Å²) >= 11 is 0. The van der Waals surface area contributed by atoms with E-state index in [-0.39, 0.29) is 11.7 Å². The van der Waals surface area contributed by atoms with Gasteiger partial charge in [-0.25, -0.2) is 0 Å². The summed E-state index contributed by atoms with van der Waals surface area (Å²) in [6, 6.07) is 22.9. The Labute approximate surface area is 171 Å². The monoisotopic (exact) mass is 386 g/mol. The summed E-state index contributed by atoms with van der Waals surface area (Å²) in [5.74, 6) is 0.0682. The van der Waals surface area contributed by atoms with Crippen LogP contribution in [0.1, 0.15) is 42.1 Å². The number of carbonyl (C=O) groups is 2. The zero-order valence-electron chi connectivity index (χ0n) is 16.7. The maximum atomic E-state index is 12.7. The number of Topliss-reactive ketones (excluding diaryl/α,β-unsaturated/α-hetero) is 1. The predicted molar refractivity (Wildman–Crippen MR) is 119 cm³/mol. The van der Waals surface area contributed by atoms with Crippen molar-refractivity contribution in [3.05, 3.63) is 83.9 Å². The minimum atomic E-state index is -0.212. The summed E-state index contributed by atoms with van der Waals surface area (Å²) in [5, 5.41) is 2.91. The van der Waals surface area contributed by atoms with Crippen molar-refractivity contribution in [3.63, 3.8) is 0 Å². The van der Waals surface area contributed by atoms with Crippen molar-refractivity contribution < 1.29 is 9.59 Å². The average molecular weight is 386 g/mol. The largest absolute Gasteiger partial charge is 0.397 e. The van der Waals surface area contributed by atoms with Crippen molar-refractivity contribution in [1.82, 2.24) is 0 Å². The van der Waals surface area contributed by atoms with E-state index >= 15 is 0 Å². The quantitative estimate of drug-likeness (QED) is 0.503. The molecule has 4 heteroatoms. The lowest BCUT2D eigenvalue weighted by Gasteiger charge is -2.11. The summed E-state index contributed by atoms with van der Waals surface area (Å²) in [6.07, 6.45) is 2.76. The van der Waals surface area contributed by atoms with Crippen molar-refractivity contribution in [3.8, 4) is 11.1 Å². The molecule has 0 aromatic heterocycles. The van der Waals surface area contributed by atoms with Crippen molar-refractivity contribution in [1.29, 1.82) is 0 Å². The van der Waals surface area contributed by atoms with Gasteiger partial charge in [-0.3, -0.25) is 9.59 Å². The fraction of sp³-hybridized carbons (Fsp3) is 0.200. The Hall–Kier alpha value is -3.40. The van der Waals surface area contributed by atoms with Crippen LogP contribution in [-0.2, 0) is 11.2 Å². The number of amides is 1. The van der Waals surface area contributed by atoms with Crippen molar-refractivity contribution in [2.75, 3.05) is 11.1 Å². The number of carbonyl (C=O) groups excluding carboxylic acids is 2. The van der Waals surface area contributed by atoms with Crippen LogP contribution in [0.4, 0.5) is 11.4 Å². The molecule has 0 saturated heterocycles. The SMILES string of the molecule is CCCC(=O)CCc1ccc(C(=O)Nc2cc(-c3ccccc3)ccc2N)cc1. The zero-order valence-corrected chi connectivity index (χ0v) is 16.7. The number of rotatable bonds is 8. The van der Waals surface area contributed by atoms with Crippen LogP contribution < -0.4 is 11.1 Å². The minimum Gasteiger partial charge on any atom is -0.397 e. The van der Waals surface area contributed by atoms with E-state index in [1.54, 1.807) is 18.2 Å². The molecule has 4 nitrogen and oxygen atoms in total. The molecule has 0 bridgehead atoms. The Bertz CT molecular complexity index is 979. The van der Waals surface area contributed by atoms with Gasteiger partial charge < -0.3 is 11.1 Å². The van der Waals surface area contributed by atoms with E-state index in [4.69, 9.17) is 5.73 Å². The van der Waals surface area contributed by atoms with Gasteiger partial charge >= 0.3 is 0 Å². The number of hydrogen-bond donors (Lipinski definition) is 2. The molecule has 3 aromatic rings. The molecular formula is C25H26N2O2. The van der Waals surface area contributed by atoms with Gasteiger partial charge in [0.05, 0.1) is 11.4 Å². The predicted octanol–water partition coefficient (Wildman–Crippen LogP) is 5.49. The molecule has 3 rings (SSSR count). The second kappa shape index (κ2) is 9.69. The molecule has 0 aliphatic rings. The number of anilines is 2. The molecular weight excluding hydrogens is 360 g/mol. The van der Waals surface area contributed by atoms with Crippen LogP contribution in [0.15, 0.2) is 72.8 Å². The number of nitrogens with one attached hydrogen (secondary N) is 1. The first-order valence-corrected chi connectivity index (χ1v) is 9.93. The summed E-state index contributed by atoms with van der Waals surface area (Å²) in [7, 11) is 0. The lowest BCUT2D eigenvalue weighted by atomic mass is 10.0. The molecule has 1 amide bonds. The van der Waals surface area contributed by atoms with E-state index in [1.807, 2.05) is 61.5 Å². The Morgan fingerprint density at radius 1 is 0.862 bits per heavy atom. The van der Waals surface area contributed by atoms with Crippen LogP contribution in [-0.4, -0.2) is 11.7 Å². The van der Waals surface area contributed by atoms with Crippen LogP contribution in [0, 0.1) is 0 Å². The van der Waals surface area contributed by atoms with Crippen LogP contribution >= 0.6 is 0 Å². The van der Waals surface area contributed by atoms with Gasteiger partial charge in [0, 0.05) is 18.4 Å². The highest BCUT2D eigenvalue weighted by atomic mass is 16.1. The van der Waals surface area contributed by atoms with Crippen LogP contribution in [0.5, 0.6) is 0 Å². The maximum absolute atomic E-state index is 12.7. The van der Waals surface area contributed by atoms with Gasteiger partial charge in [0.25, 0.3) is 5.91 Å². The highest BCUT2D eigenvalue weighted by Crippen LogP contribution is 2.27. The van der Waals surface area contributed by atoms with Crippen LogP contribution in [0.2, 0.25) is 0 Å². The lowest BCUT2D eigenvalue weighted by Crippen LogP contribution is -2.13. The molecule has 0 spiro atoms. The van der Waals surface area contributed by atoms with E-state index < -0.39 is 0 Å². The topological polar surface area (TPSA) is 72.2 Å². The second-order valence-electron chi connectivity index (χ2n) is 7.11. The molecule has 0 atom stereocenters. The summed E-state index contributed by atoms with van der Waals surface area (Å²) in [6.45, 7) is 2.01. The molecule has 0 aliphatic carbocycles. The summed E-state index contributed by atoms with van der Waals surface area (Å²) in [5.41, 5.74) is 10.8. The first-order chi connectivity index (χ1) is 14.1. The summed E-state index contributed by atoms with van der Waals surface area (Å²) < 4.78 is 0. The highest BCUT2D eigenvalue weighted by Gasteiger charge is 2.10. The Morgan fingerprint density at radius 2 is 1.59 bits per heavy atom. The third kappa shape index (κ3) is 5.55. The fourth-order valence-electron chi connectivity index (χ4n) is 3.18. The molecule has 3 N–H and O–H groups in total. The smallest absolute Gasteiger partial charge is 0.255 e. The van der Waals surface area contributed by atoms with Gasteiger partial charge in [-0.15, -0.1) is 0 Å². The van der Waals surface area contributed by atoms with E-state index in [0.717, 1.165) is 23.1 Å². The number of nitrogen functional groups attached to an aromatic ring is 1. The molecule has 0 heterocycles. The fourth-order valence-corrected chi connectivity index (χ4v) is 3.18. The molecule has 0 unspecified atom stereocenters. The van der Waals surface area contributed by atoms with Gasteiger partial charge in [0.15, 0.2) is 0 Å². The molecule has 3 aromatic carbocycles. The third-order valence-corrected chi connectivity index (χ3v) is 4.85. The Kier molecular flexibility index (Phi) is 6.80. The van der Waals surface area contributed by atoms with Crippen LogP contribution in [0.3, 0.4) is 0 Å². The van der Waals surface area contributed by atoms with E-state index in [2.05, 4.69) is 5.32 Å². The number of ketones is 1. The average Bonchev–Trinajstić information content (AvgIpc) is 2.75. The molecule has 29 heavy (non-hydrogen) atoms. The van der Waals surface area contributed by atoms with E-state index in [9.17, 15) is 9.59 Å². The van der Waals surface area contributed by atoms with Crippen molar-refractivity contribution >= 4 is 23.1 Å². The van der Waals surface area contributed by atoms with Gasteiger partial charge in [-0.05, 0) is 53.8 Å². The van der Waals surface area contributed by atoms with Gasteiger partial charge in [0.2, 0.25) is 0 Å². The molecule has 0 saturated carbocycles.